The van der Waals surface area contributed by atoms with Crippen LogP contribution in [0.15, 0.2) is 18.2 Å². The van der Waals surface area contributed by atoms with Crippen LogP contribution >= 0.6 is 0 Å². The van der Waals surface area contributed by atoms with E-state index in [0.717, 1.165) is 30.9 Å². The number of hydrogen-bond donors (Lipinski definition) is 1. The lowest BCUT2D eigenvalue weighted by atomic mass is 9.97. The average molecular weight is 233 g/mol. The third kappa shape index (κ3) is 2.00. The molecule has 1 aromatic carbocycles. The van der Waals surface area contributed by atoms with Crippen molar-refractivity contribution >= 4 is 0 Å². The fourth-order valence-corrected chi connectivity index (χ4v) is 2.87. The maximum Gasteiger partial charge on any atom is 0.164 e. The summed E-state index contributed by atoms with van der Waals surface area (Å²) < 4.78 is 11.5. The number of para-hydroxylation sites is 1. The molecule has 0 aliphatic carbocycles. The van der Waals surface area contributed by atoms with E-state index >= 15 is 0 Å². The Morgan fingerprint density at radius 3 is 3.06 bits per heavy atom. The van der Waals surface area contributed by atoms with Gasteiger partial charge in [0.25, 0.3) is 0 Å². The molecule has 1 N–H and O–H groups in total. The molecule has 1 saturated heterocycles. The third-order valence-corrected chi connectivity index (χ3v) is 3.80. The predicted octanol–water partition coefficient (Wildman–Crippen LogP) is 2.14. The fraction of sp³-hybridized carbons (Fsp3) is 0.571. The molecule has 1 fully saturated rings. The second kappa shape index (κ2) is 4.57. The van der Waals surface area contributed by atoms with Crippen LogP contribution in [-0.2, 0) is 6.42 Å². The number of aryl methyl sites for hydroxylation is 1. The molecule has 3 nitrogen and oxygen atoms in total. The highest BCUT2D eigenvalue weighted by Crippen LogP contribution is 2.37. The summed E-state index contributed by atoms with van der Waals surface area (Å²) in [6, 6.07) is 6.67. The molecular formula is C14H19NO2. The lowest BCUT2D eigenvalue weighted by molar-refractivity contribution is 0.131. The average Bonchev–Trinajstić information content (AvgIpc) is 2.91. The van der Waals surface area contributed by atoms with E-state index in [0.29, 0.717) is 12.1 Å². The Balaban J connectivity index is 1.83. The summed E-state index contributed by atoms with van der Waals surface area (Å²) in [6.07, 6.45) is 5.01. The molecule has 92 valence electrons. The van der Waals surface area contributed by atoms with Crippen LogP contribution in [0.4, 0.5) is 0 Å². The normalized spacial score (nSPS) is 27.4. The zero-order valence-corrected chi connectivity index (χ0v) is 10.2. The number of methoxy groups -OCH3 is 1. The van der Waals surface area contributed by atoms with E-state index < -0.39 is 0 Å². The van der Waals surface area contributed by atoms with Gasteiger partial charge >= 0.3 is 0 Å². The van der Waals surface area contributed by atoms with Crippen LogP contribution in [-0.4, -0.2) is 25.8 Å². The highest BCUT2D eigenvalue weighted by Gasteiger charge is 2.30. The van der Waals surface area contributed by atoms with Gasteiger partial charge < -0.3 is 14.8 Å². The molecule has 0 radical (unpaired) electrons. The van der Waals surface area contributed by atoms with Gasteiger partial charge in [0.1, 0.15) is 6.10 Å². The van der Waals surface area contributed by atoms with Crippen molar-refractivity contribution < 1.29 is 9.47 Å². The minimum atomic E-state index is 0.307. The van der Waals surface area contributed by atoms with E-state index in [1.165, 1.54) is 18.4 Å². The van der Waals surface area contributed by atoms with E-state index in [2.05, 4.69) is 11.4 Å². The Morgan fingerprint density at radius 1 is 1.35 bits per heavy atom. The van der Waals surface area contributed by atoms with Gasteiger partial charge in [-0.1, -0.05) is 12.1 Å². The van der Waals surface area contributed by atoms with Gasteiger partial charge in [0.05, 0.1) is 7.11 Å². The third-order valence-electron chi connectivity index (χ3n) is 3.80. The molecule has 0 bridgehead atoms. The first-order valence-electron chi connectivity index (χ1n) is 6.44. The van der Waals surface area contributed by atoms with Gasteiger partial charge in [-0.15, -0.1) is 0 Å². The van der Waals surface area contributed by atoms with Crippen molar-refractivity contribution in [3.63, 3.8) is 0 Å². The Hall–Kier alpha value is -1.22. The predicted molar refractivity (Wildman–Crippen MR) is 66.8 cm³/mol. The maximum atomic E-state index is 6.15. The van der Waals surface area contributed by atoms with E-state index in [4.69, 9.17) is 9.47 Å². The fourth-order valence-electron chi connectivity index (χ4n) is 2.87. The second-order valence-corrected chi connectivity index (χ2v) is 4.85. The molecular weight excluding hydrogens is 214 g/mol. The molecule has 0 amide bonds. The molecule has 2 atom stereocenters. The van der Waals surface area contributed by atoms with Gasteiger partial charge in [-0.2, -0.15) is 0 Å². The summed E-state index contributed by atoms with van der Waals surface area (Å²) in [5, 5.41) is 3.53. The van der Waals surface area contributed by atoms with Crippen molar-refractivity contribution in [3.05, 3.63) is 23.8 Å². The van der Waals surface area contributed by atoms with Crippen LogP contribution in [0.5, 0.6) is 11.5 Å². The summed E-state index contributed by atoms with van der Waals surface area (Å²) in [4.78, 5) is 0. The van der Waals surface area contributed by atoms with Gasteiger partial charge in [0.2, 0.25) is 0 Å². The summed E-state index contributed by atoms with van der Waals surface area (Å²) in [5.74, 6) is 1.82. The lowest BCUT2D eigenvalue weighted by Crippen LogP contribution is -2.41. The molecule has 17 heavy (non-hydrogen) atoms. The first-order valence-corrected chi connectivity index (χ1v) is 6.44. The van der Waals surface area contributed by atoms with E-state index in [9.17, 15) is 0 Å². The summed E-state index contributed by atoms with van der Waals surface area (Å²) in [7, 11) is 1.70. The van der Waals surface area contributed by atoms with Gasteiger partial charge in [-0.05, 0) is 43.9 Å². The van der Waals surface area contributed by atoms with Crippen molar-refractivity contribution in [1.82, 2.24) is 5.32 Å². The number of benzene rings is 1. The number of nitrogens with one attached hydrogen (secondary N) is 1. The Bertz CT molecular complexity index is 385. The second-order valence-electron chi connectivity index (χ2n) is 4.85. The summed E-state index contributed by atoms with van der Waals surface area (Å²) in [6.45, 7) is 1.13. The van der Waals surface area contributed by atoms with Gasteiger partial charge in [0.15, 0.2) is 11.5 Å². The van der Waals surface area contributed by atoms with Gasteiger partial charge in [-0.25, -0.2) is 0 Å². The molecule has 3 heteroatoms. The van der Waals surface area contributed by atoms with Crippen LogP contribution < -0.4 is 14.8 Å². The van der Waals surface area contributed by atoms with Crippen LogP contribution in [0, 0.1) is 0 Å². The zero-order chi connectivity index (χ0) is 11.7. The van der Waals surface area contributed by atoms with Crippen LogP contribution in [0.3, 0.4) is 0 Å². The van der Waals surface area contributed by atoms with E-state index in [-0.39, 0.29) is 0 Å². The van der Waals surface area contributed by atoms with Gasteiger partial charge in [0, 0.05) is 6.04 Å². The summed E-state index contributed by atoms with van der Waals surface area (Å²) in [5.41, 5.74) is 1.28. The Kier molecular flexibility index (Phi) is 2.93. The highest BCUT2D eigenvalue weighted by molar-refractivity contribution is 5.47. The van der Waals surface area contributed by atoms with Crippen molar-refractivity contribution in [2.45, 2.75) is 37.8 Å². The lowest BCUT2D eigenvalue weighted by Gasteiger charge is -2.31. The van der Waals surface area contributed by atoms with Crippen molar-refractivity contribution in [2.75, 3.05) is 13.7 Å². The summed E-state index contributed by atoms with van der Waals surface area (Å²) >= 11 is 0. The minimum absolute atomic E-state index is 0.307. The smallest absolute Gasteiger partial charge is 0.164 e. The monoisotopic (exact) mass is 233 g/mol. The van der Waals surface area contributed by atoms with Crippen molar-refractivity contribution in [1.29, 1.82) is 0 Å². The number of rotatable bonds is 2. The van der Waals surface area contributed by atoms with Crippen molar-refractivity contribution in [2.24, 2.45) is 0 Å². The van der Waals surface area contributed by atoms with Crippen LogP contribution in [0.25, 0.3) is 0 Å². The number of hydrogen-bond acceptors (Lipinski definition) is 3. The van der Waals surface area contributed by atoms with Crippen LogP contribution in [0.2, 0.25) is 0 Å². The van der Waals surface area contributed by atoms with E-state index in [1.54, 1.807) is 7.11 Å². The molecule has 1 aromatic rings. The molecule has 0 aromatic heterocycles. The zero-order valence-electron chi connectivity index (χ0n) is 10.2. The number of fused-ring (bicyclic) bond motifs is 1. The van der Waals surface area contributed by atoms with Gasteiger partial charge in [-0.3, -0.25) is 0 Å². The molecule has 2 heterocycles. The highest BCUT2D eigenvalue weighted by atomic mass is 16.5. The first-order chi connectivity index (χ1) is 8.38. The maximum absolute atomic E-state index is 6.15. The molecule has 0 spiro atoms. The first kappa shape index (κ1) is 10.9. The van der Waals surface area contributed by atoms with E-state index in [1.807, 2.05) is 12.1 Å². The standard InChI is InChI=1S/C14H19NO2/c1-16-13-6-2-4-10-7-8-12(17-14(10)13)11-5-3-9-15-11/h2,4,6,11-12,15H,3,5,7-9H2,1H3. The van der Waals surface area contributed by atoms with Crippen molar-refractivity contribution in [3.8, 4) is 11.5 Å². The number of ether oxygens (including phenoxy) is 2. The Labute approximate surface area is 102 Å². The molecule has 2 aliphatic heterocycles. The SMILES string of the molecule is COc1cccc2c1OC(C1CCCN1)CC2. The molecule has 2 unspecified atom stereocenters. The minimum Gasteiger partial charge on any atom is -0.493 e. The quantitative estimate of drug-likeness (QED) is 0.849. The topological polar surface area (TPSA) is 30.5 Å². The van der Waals surface area contributed by atoms with Crippen LogP contribution in [0.1, 0.15) is 24.8 Å². The largest absolute Gasteiger partial charge is 0.493 e. The molecule has 2 aliphatic rings. The molecule has 0 saturated carbocycles. The Morgan fingerprint density at radius 2 is 2.29 bits per heavy atom. The molecule has 3 rings (SSSR count).